The topological polar surface area (TPSA) is 163 Å². The fourth-order valence-electron chi connectivity index (χ4n) is 5.41. The summed E-state index contributed by atoms with van der Waals surface area (Å²) in [5, 5.41) is 12.4. The molecule has 13 heteroatoms. The summed E-state index contributed by atoms with van der Waals surface area (Å²) >= 11 is 2.70. The minimum absolute atomic E-state index is 0.139. The number of aliphatic imine (C=N–C) groups is 1. The summed E-state index contributed by atoms with van der Waals surface area (Å²) in [5.41, 5.74) is 11.5. The summed E-state index contributed by atoms with van der Waals surface area (Å²) in [6.45, 7) is 2.92. The van der Waals surface area contributed by atoms with Gasteiger partial charge in [-0.1, -0.05) is 54.0 Å². The molecule has 0 radical (unpaired) electrons. The first-order valence-electron chi connectivity index (χ1n) is 15.3. The Kier molecular flexibility index (Phi) is 11.2. The van der Waals surface area contributed by atoms with Gasteiger partial charge in [-0.2, -0.15) is 0 Å². The molecule has 0 aliphatic carbocycles. The highest BCUT2D eigenvalue weighted by atomic mass is 32.2. The lowest BCUT2D eigenvalue weighted by atomic mass is 9.94. The molecule has 5 rings (SSSR count). The summed E-state index contributed by atoms with van der Waals surface area (Å²) in [4.78, 5) is 53.5. The van der Waals surface area contributed by atoms with Crippen molar-refractivity contribution in [3.63, 3.8) is 0 Å². The number of allylic oxidation sites excluding steroid dienone is 1. The highest BCUT2D eigenvalue weighted by molar-refractivity contribution is 7.97. The first kappa shape index (κ1) is 33.6. The van der Waals surface area contributed by atoms with Crippen molar-refractivity contribution in [2.24, 2.45) is 10.7 Å². The molecular weight excluding hydrogens is 635 g/mol. The van der Waals surface area contributed by atoms with E-state index in [0.717, 1.165) is 34.2 Å². The van der Waals surface area contributed by atoms with Crippen LogP contribution in [-0.2, 0) is 17.8 Å². The number of carboxylic acid groups (broad SMARTS) is 1. The van der Waals surface area contributed by atoms with E-state index in [2.05, 4.69) is 24.9 Å². The van der Waals surface area contributed by atoms with E-state index in [-0.39, 0.29) is 23.9 Å². The molecule has 11 nitrogen and oxygen atoms in total. The Bertz CT molecular complexity index is 1820. The number of unbranched alkanes of at least 4 members (excludes halogenated alkanes) is 2. The summed E-state index contributed by atoms with van der Waals surface area (Å²) in [6, 6.07) is 17.2. The van der Waals surface area contributed by atoms with E-state index in [4.69, 9.17) is 15.8 Å². The largest absolute Gasteiger partial charge is 0.481 e. The number of nitrogens with zero attached hydrogens (tertiary/aromatic N) is 4. The quantitative estimate of drug-likeness (QED) is 0.0768. The van der Waals surface area contributed by atoms with Gasteiger partial charge in [-0.05, 0) is 67.6 Å². The smallest absolute Gasteiger partial charge is 0.303 e. The number of para-hydroxylation sites is 1. The van der Waals surface area contributed by atoms with E-state index < -0.39 is 5.97 Å². The van der Waals surface area contributed by atoms with Crippen molar-refractivity contribution >= 4 is 73.5 Å². The third-order valence-corrected chi connectivity index (χ3v) is 9.71. The lowest BCUT2D eigenvalue weighted by Gasteiger charge is -2.31. The third-order valence-electron chi connectivity index (χ3n) is 7.94. The SMILES string of the molecule is CN=C(C)/C(=C\N)c1ccc(N2CCc3cccc(C(=O)Nc4nc5ccccc5s4)c3C2)nc1C(=O)NSCCCCCC(=O)O. The van der Waals surface area contributed by atoms with E-state index in [1.54, 1.807) is 7.05 Å². The van der Waals surface area contributed by atoms with Crippen LogP contribution < -0.4 is 20.7 Å². The Balaban J connectivity index is 1.36. The highest BCUT2D eigenvalue weighted by Crippen LogP contribution is 2.30. The van der Waals surface area contributed by atoms with Crippen LogP contribution in [0.2, 0.25) is 0 Å². The van der Waals surface area contributed by atoms with Crippen LogP contribution in [0, 0.1) is 0 Å². The number of fused-ring (bicyclic) bond motifs is 2. The van der Waals surface area contributed by atoms with E-state index in [0.29, 0.717) is 65.0 Å². The van der Waals surface area contributed by atoms with Gasteiger partial charge in [-0.15, -0.1) is 0 Å². The number of hydrogen-bond donors (Lipinski definition) is 4. The lowest BCUT2D eigenvalue weighted by Crippen LogP contribution is -2.33. The minimum atomic E-state index is -0.805. The van der Waals surface area contributed by atoms with Crippen LogP contribution in [0.4, 0.5) is 10.9 Å². The monoisotopic (exact) mass is 671 g/mol. The first-order valence-corrected chi connectivity index (χ1v) is 17.1. The zero-order chi connectivity index (χ0) is 33.3. The van der Waals surface area contributed by atoms with Gasteiger partial charge in [0.05, 0.1) is 10.2 Å². The second kappa shape index (κ2) is 15.7. The fourth-order valence-corrected chi connectivity index (χ4v) is 6.95. The van der Waals surface area contributed by atoms with E-state index >= 15 is 0 Å². The van der Waals surface area contributed by atoms with Crippen LogP contribution in [0.15, 0.2) is 65.8 Å². The number of carbonyl (C=O) groups excluding carboxylic acids is 2. The standard InChI is InChI=1S/C34H37N7O4S2/c1-21(36-2)25(19-35)23-14-15-29(38-31(23)33(45)40-46-18-7-3-4-13-30(42)43)41-17-16-22-9-8-10-24(26(22)20-41)32(44)39-34-37-27-11-5-6-12-28(27)47-34/h5-6,8-12,14-15,19H,3-4,7,13,16-18,20,35H2,1-2H3,(H,40,45)(H,42,43)(H,37,39,44)/b25-19+,36-21?. The van der Waals surface area contributed by atoms with Crippen molar-refractivity contribution in [1.82, 2.24) is 14.7 Å². The number of carboxylic acids is 1. The molecule has 2 amide bonds. The number of nitrogens with two attached hydrogens (primary N) is 1. The van der Waals surface area contributed by atoms with Gasteiger partial charge >= 0.3 is 5.97 Å². The number of benzene rings is 2. The first-order chi connectivity index (χ1) is 22.8. The maximum Gasteiger partial charge on any atom is 0.303 e. The summed E-state index contributed by atoms with van der Waals surface area (Å²) in [7, 11) is 1.66. The van der Waals surface area contributed by atoms with Crippen LogP contribution in [0.5, 0.6) is 0 Å². The number of hydrogen-bond acceptors (Lipinski definition) is 10. The Morgan fingerprint density at radius 2 is 1.87 bits per heavy atom. The van der Waals surface area contributed by atoms with Crippen LogP contribution in [-0.4, -0.2) is 57.9 Å². The van der Waals surface area contributed by atoms with Gasteiger partial charge < -0.3 is 15.7 Å². The molecule has 4 aromatic rings. The van der Waals surface area contributed by atoms with Crippen molar-refractivity contribution in [3.8, 4) is 0 Å². The highest BCUT2D eigenvalue weighted by Gasteiger charge is 2.26. The molecule has 5 N–H and O–H groups in total. The van der Waals surface area contributed by atoms with Crippen LogP contribution in [0.3, 0.4) is 0 Å². The average Bonchev–Trinajstić information content (AvgIpc) is 3.49. The molecule has 0 saturated heterocycles. The third kappa shape index (κ3) is 8.16. The maximum absolute atomic E-state index is 13.5. The van der Waals surface area contributed by atoms with Crippen LogP contribution in [0.25, 0.3) is 15.8 Å². The molecule has 47 heavy (non-hydrogen) atoms. The average molecular weight is 672 g/mol. The Hall–Kier alpha value is -4.75. The summed E-state index contributed by atoms with van der Waals surface area (Å²) in [5.74, 6) is -0.153. The number of rotatable bonds is 13. The minimum Gasteiger partial charge on any atom is -0.481 e. The number of pyridine rings is 1. The van der Waals surface area contributed by atoms with Crippen molar-refractivity contribution in [2.45, 2.75) is 45.6 Å². The maximum atomic E-state index is 13.5. The van der Waals surface area contributed by atoms with Crippen LogP contribution in [0.1, 0.15) is 70.1 Å². The van der Waals surface area contributed by atoms with Gasteiger partial charge in [0.15, 0.2) is 5.13 Å². The number of nitrogens with one attached hydrogen (secondary N) is 2. The Labute approximate surface area is 281 Å². The number of anilines is 2. The molecule has 0 fully saturated rings. The lowest BCUT2D eigenvalue weighted by molar-refractivity contribution is -0.137. The van der Waals surface area contributed by atoms with Crippen molar-refractivity contribution < 1.29 is 19.5 Å². The van der Waals surface area contributed by atoms with Crippen molar-refractivity contribution in [1.29, 1.82) is 0 Å². The number of thiazole rings is 1. The van der Waals surface area contributed by atoms with Crippen molar-refractivity contribution in [2.75, 3.05) is 29.6 Å². The van der Waals surface area contributed by atoms with E-state index in [1.165, 1.54) is 29.5 Å². The van der Waals surface area contributed by atoms with Crippen molar-refractivity contribution in [3.05, 3.63) is 88.7 Å². The number of aromatic nitrogens is 2. The number of carbonyl (C=O) groups is 3. The molecule has 0 bridgehead atoms. The van der Waals surface area contributed by atoms with E-state index in [1.807, 2.05) is 61.5 Å². The van der Waals surface area contributed by atoms with Gasteiger partial charge in [0.1, 0.15) is 11.5 Å². The molecular formula is C34H37N7O4S2. The van der Waals surface area contributed by atoms with Gasteiger partial charge in [0.25, 0.3) is 11.8 Å². The Morgan fingerprint density at radius 3 is 2.64 bits per heavy atom. The fraction of sp³-hybridized carbons (Fsp3) is 0.294. The van der Waals surface area contributed by atoms with E-state index in [9.17, 15) is 14.4 Å². The predicted octanol–water partition coefficient (Wildman–Crippen LogP) is 5.92. The second-order valence-corrected chi connectivity index (χ2v) is 12.9. The normalized spacial score (nSPS) is 13.4. The second-order valence-electron chi connectivity index (χ2n) is 11.0. The molecule has 0 unspecified atom stereocenters. The summed E-state index contributed by atoms with van der Waals surface area (Å²) in [6.07, 6.45) is 4.41. The molecule has 244 valence electrons. The number of aliphatic carboxylic acids is 1. The van der Waals surface area contributed by atoms with Gasteiger partial charge in [-0.3, -0.25) is 29.4 Å². The molecule has 0 saturated carbocycles. The predicted molar refractivity (Wildman–Crippen MR) is 190 cm³/mol. The molecule has 2 aromatic heterocycles. The van der Waals surface area contributed by atoms with Crippen LogP contribution >= 0.6 is 23.3 Å². The van der Waals surface area contributed by atoms with Gasteiger partial charge in [0.2, 0.25) is 0 Å². The molecule has 2 aromatic carbocycles. The zero-order valence-corrected chi connectivity index (χ0v) is 27.9. The zero-order valence-electron chi connectivity index (χ0n) is 26.3. The molecule has 0 atom stereocenters. The Morgan fingerprint density at radius 1 is 1.04 bits per heavy atom. The van der Waals surface area contributed by atoms with Gasteiger partial charge in [-0.25, -0.2) is 9.97 Å². The van der Waals surface area contributed by atoms with Gasteiger partial charge in [0, 0.05) is 60.9 Å². The molecule has 1 aliphatic rings. The summed E-state index contributed by atoms with van der Waals surface area (Å²) < 4.78 is 3.89. The molecule has 1 aliphatic heterocycles. The molecule has 0 spiro atoms. The molecule has 3 heterocycles. The number of amides is 2.